The Morgan fingerprint density at radius 3 is 2.15 bits per heavy atom. The first-order valence-electron chi connectivity index (χ1n) is 7.34. The molecule has 116 valence electrons. The number of likely N-dealkylation sites (tertiary alicyclic amines) is 1. The molecule has 1 saturated carbocycles. The number of amides is 1. The van der Waals surface area contributed by atoms with Gasteiger partial charge in [-0.25, -0.2) is 8.42 Å². The molecule has 0 aromatic heterocycles. The number of hydrogen-bond acceptors (Lipinski definition) is 4. The first-order chi connectivity index (χ1) is 9.19. The molecular weight excluding hydrogens is 276 g/mol. The van der Waals surface area contributed by atoms with E-state index >= 15 is 0 Å². The molecule has 2 aliphatic rings. The van der Waals surface area contributed by atoms with Crippen LogP contribution in [0.2, 0.25) is 0 Å². The molecule has 2 atom stereocenters. The standard InChI is InChI=1S/C14H26N2O3S/c1-11-9-16(10-12(11)15(2)3)13(17)14(20(4,18)19)7-5-6-8-14/h11-12H,5-10H2,1-4H3. The van der Waals surface area contributed by atoms with Gasteiger partial charge in [0.1, 0.15) is 0 Å². The highest BCUT2D eigenvalue weighted by molar-refractivity contribution is 7.92. The fourth-order valence-corrected chi connectivity index (χ4v) is 5.24. The monoisotopic (exact) mass is 302 g/mol. The molecule has 1 aliphatic carbocycles. The van der Waals surface area contributed by atoms with E-state index in [1.54, 1.807) is 4.90 Å². The molecule has 6 heteroatoms. The molecule has 0 bridgehead atoms. The van der Waals surface area contributed by atoms with Crippen molar-refractivity contribution in [2.45, 2.75) is 43.4 Å². The normalized spacial score (nSPS) is 30.1. The van der Waals surface area contributed by atoms with E-state index < -0.39 is 14.6 Å². The highest BCUT2D eigenvalue weighted by Gasteiger charge is 2.53. The number of rotatable bonds is 3. The van der Waals surface area contributed by atoms with Crippen molar-refractivity contribution in [3.8, 4) is 0 Å². The minimum absolute atomic E-state index is 0.159. The lowest BCUT2D eigenvalue weighted by Gasteiger charge is -2.31. The number of likely N-dealkylation sites (N-methyl/N-ethyl adjacent to an activating group) is 1. The molecule has 0 aromatic carbocycles. The topological polar surface area (TPSA) is 57.7 Å². The molecule has 5 nitrogen and oxygen atoms in total. The average molecular weight is 302 g/mol. The van der Waals surface area contributed by atoms with Crippen LogP contribution in [-0.2, 0) is 14.6 Å². The Hall–Kier alpha value is -0.620. The third-order valence-corrected chi connectivity index (χ3v) is 7.04. The van der Waals surface area contributed by atoms with Crippen LogP contribution in [0.15, 0.2) is 0 Å². The molecule has 2 rings (SSSR count). The quantitative estimate of drug-likeness (QED) is 0.772. The lowest BCUT2D eigenvalue weighted by atomic mass is 10.1. The second-order valence-corrected chi connectivity index (χ2v) is 9.02. The molecule has 1 saturated heterocycles. The summed E-state index contributed by atoms with van der Waals surface area (Å²) in [7, 11) is 0.661. The van der Waals surface area contributed by atoms with E-state index in [4.69, 9.17) is 0 Å². The van der Waals surface area contributed by atoms with Crippen molar-refractivity contribution in [2.24, 2.45) is 5.92 Å². The van der Waals surface area contributed by atoms with Gasteiger partial charge in [-0.15, -0.1) is 0 Å². The largest absolute Gasteiger partial charge is 0.339 e. The number of carbonyl (C=O) groups is 1. The molecule has 2 fully saturated rings. The number of hydrogen-bond donors (Lipinski definition) is 0. The Morgan fingerprint density at radius 2 is 1.75 bits per heavy atom. The van der Waals surface area contributed by atoms with Gasteiger partial charge in [-0.2, -0.15) is 0 Å². The van der Waals surface area contributed by atoms with Gasteiger partial charge >= 0.3 is 0 Å². The summed E-state index contributed by atoms with van der Waals surface area (Å²) in [5.74, 6) is 0.223. The third kappa shape index (κ3) is 2.48. The summed E-state index contributed by atoms with van der Waals surface area (Å²) >= 11 is 0. The van der Waals surface area contributed by atoms with Crippen LogP contribution in [0.5, 0.6) is 0 Å². The first-order valence-corrected chi connectivity index (χ1v) is 9.23. The molecular formula is C14H26N2O3S. The van der Waals surface area contributed by atoms with Crippen molar-refractivity contribution >= 4 is 15.7 Å². The molecule has 20 heavy (non-hydrogen) atoms. The van der Waals surface area contributed by atoms with Gasteiger partial charge in [0.2, 0.25) is 5.91 Å². The molecule has 0 radical (unpaired) electrons. The van der Waals surface area contributed by atoms with E-state index in [-0.39, 0.29) is 5.91 Å². The second kappa shape index (κ2) is 5.30. The summed E-state index contributed by atoms with van der Waals surface area (Å²) in [5, 5.41) is 0. The van der Waals surface area contributed by atoms with E-state index in [9.17, 15) is 13.2 Å². The van der Waals surface area contributed by atoms with Crippen molar-refractivity contribution in [1.29, 1.82) is 0 Å². The van der Waals surface area contributed by atoms with Gasteiger partial charge in [0.05, 0.1) is 0 Å². The minimum Gasteiger partial charge on any atom is -0.339 e. The Kier molecular flexibility index (Phi) is 4.17. The lowest BCUT2D eigenvalue weighted by molar-refractivity contribution is -0.133. The molecule has 0 spiro atoms. The molecule has 1 amide bonds. The summed E-state index contributed by atoms with van der Waals surface area (Å²) in [5.41, 5.74) is 0. The fraction of sp³-hybridized carbons (Fsp3) is 0.929. The van der Waals surface area contributed by atoms with Crippen LogP contribution >= 0.6 is 0 Å². The Labute approximate surface area is 122 Å². The number of nitrogens with zero attached hydrogens (tertiary/aromatic N) is 2. The van der Waals surface area contributed by atoms with E-state index in [0.717, 1.165) is 12.8 Å². The van der Waals surface area contributed by atoms with Gasteiger partial charge in [-0.3, -0.25) is 4.79 Å². The van der Waals surface area contributed by atoms with Gasteiger partial charge in [0.15, 0.2) is 14.6 Å². The minimum atomic E-state index is -3.36. The Morgan fingerprint density at radius 1 is 1.20 bits per heavy atom. The zero-order valence-corrected chi connectivity index (χ0v) is 13.7. The van der Waals surface area contributed by atoms with Crippen molar-refractivity contribution in [1.82, 2.24) is 9.80 Å². The third-order valence-electron chi connectivity index (χ3n) is 5.03. The maximum Gasteiger partial charge on any atom is 0.244 e. The lowest BCUT2D eigenvalue weighted by Crippen LogP contribution is -2.51. The summed E-state index contributed by atoms with van der Waals surface area (Å²) < 4.78 is 23.2. The highest BCUT2D eigenvalue weighted by Crippen LogP contribution is 2.39. The fourth-order valence-electron chi connectivity index (χ4n) is 3.77. The van der Waals surface area contributed by atoms with Crippen LogP contribution in [0.1, 0.15) is 32.6 Å². The molecule has 0 N–H and O–H groups in total. The van der Waals surface area contributed by atoms with Crippen molar-refractivity contribution in [3.05, 3.63) is 0 Å². The zero-order valence-electron chi connectivity index (χ0n) is 12.9. The molecule has 1 aliphatic heterocycles. The summed E-state index contributed by atoms with van der Waals surface area (Å²) in [6.07, 6.45) is 3.86. The van der Waals surface area contributed by atoms with E-state index in [1.807, 2.05) is 14.1 Å². The van der Waals surface area contributed by atoms with Crippen molar-refractivity contribution in [2.75, 3.05) is 33.4 Å². The van der Waals surface area contributed by atoms with Crippen LogP contribution < -0.4 is 0 Å². The predicted octanol–water partition coefficient (Wildman–Crippen LogP) is 0.752. The van der Waals surface area contributed by atoms with Crippen LogP contribution in [0.3, 0.4) is 0 Å². The van der Waals surface area contributed by atoms with Gasteiger partial charge in [0, 0.05) is 25.4 Å². The highest BCUT2D eigenvalue weighted by atomic mass is 32.2. The first kappa shape index (κ1) is 15.8. The van der Waals surface area contributed by atoms with Crippen LogP contribution in [0.4, 0.5) is 0 Å². The smallest absolute Gasteiger partial charge is 0.244 e. The maximum atomic E-state index is 12.9. The van der Waals surface area contributed by atoms with Crippen LogP contribution in [0, 0.1) is 5.92 Å². The van der Waals surface area contributed by atoms with Crippen molar-refractivity contribution in [3.63, 3.8) is 0 Å². The average Bonchev–Trinajstić information content (AvgIpc) is 2.93. The summed E-state index contributed by atoms with van der Waals surface area (Å²) in [6, 6.07) is 0.317. The molecule has 2 unspecified atom stereocenters. The van der Waals surface area contributed by atoms with Crippen LogP contribution in [0.25, 0.3) is 0 Å². The Balaban J connectivity index is 2.23. The van der Waals surface area contributed by atoms with Gasteiger partial charge in [-0.1, -0.05) is 19.8 Å². The van der Waals surface area contributed by atoms with E-state index in [2.05, 4.69) is 11.8 Å². The van der Waals surface area contributed by atoms with E-state index in [1.165, 1.54) is 6.26 Å². The van der Waals surface area contributed by atoms with Gasteiger partial charge in [-0.05, 0) is 32.9 Å². The number of carbonyl (C=O) groups excluding carboxylic acids is 1. The molecule has 0 aromatic rings. The maximum absolute atomic E-state index is 12.9. The number of sulfone groups is 1. The summed E-state index contributed by atoms with van der Waals surface area (Å²) in [6.45, 7) is 3.43. The SMILES string of the molecule is CC1CN(C(=O)C2(S(C)(=O)=O)CCCC2)CC1N(C)C. The Bertz CT molecular complexity index is 481. The van der Waals surface area contributed by atoms with Crippen molar-refractivity contribution < 1.29 is 13.2 Å². The zero-order chi connectivity index (χ0) is 15.1. The van der Waals surface area contributed by atoms with Crippen LogP contribution in [-0.4, -0.2) is 68.4 Å². The van der Waals surface area contributed by atoms with Gasteiger partial charge < -0.3 is 9.80 Å². The summed E-state index contributed by atoms with van der Waals surface area (Å²) in [4.78, 5) is 16.8. The second-order valence-electron chi connectivity index (χ2n) is 6.69. The van der Waals surface area contributed by atoms with Gasteiger partial charge in [0.25, 0.3) is 0 Å². The molecule has 1 heterocycles. The van der Waals surface area contributed by atoms with E-state index in [0.29, 0.717) is 37.9 Å². The predicted molar refractivity (Wildman–Crippen MR) is 79.3 cm³/mol.